The van der Waals surface area contributed by atoms with Crippen LogP contribution in [0.2, 0.25) is 0 Å². The number of hydrogen-bond acceptors (Lipinski definition) is 3. The van der Waals surface area contributed by atoms with Crippen LogP contribution in [0.25, 0.3) is 0 Å². The standard InChI is InChI=1S/C19H25FN4O.HI/c1-19(2,15-6-4-7-16(20)12-15)14-24-18(21-3)23-10-11-25-17-8-5-9-22-13-17;/h4-9,12-13H,10-11,14H2,1-3H3,(H2,21,23,24);1H. The van der Waals surface area contributed by atoms with Gasteiger partial charge in [0.05, 0.1) is 12.7 Å². The van der Waals surface area contributed by atoms with Crippen LogP contribution >= 0.6 is 24.0 Å². The fourth-order valence-corrected chi connectivity index (χ4v) is 2.31. The molecule has 0 aliphatic heterocycles. The molecule has 0 bridgehead atoms. The van der Waals surface area contributed by atoms with E-state index in [9.17, 15) is 4.39 Å². The van der Waals surface area contributed by atoms with Gasteiger partial charge < -0.3 is 15.4 Å². The molecule has 0 saturated heterocycles. The lowest BCUT2D eigenvalue weighted by molar-refractivity contribution is 0.320. The Morgan fingerprint density at radius 3 is 2.69 bits per heavy atom. The maximum absolute atomic E-state index is 13.4. The highest BCUT2D eigenvalue weighted by Crippen LogP contribution is 2.22. The van der Waals surface area contributed by atoms with Crippen molar-refractivity contribution in [1.29, 1.82) is 0 Å². The highest BCUT2D eigenvalue weighted by molar-refractivity contribution is 14.0. The zero-order valence-corrected chi connectivity index (χ0v) is 17.7. The molecule has 0 spiro atoms. The van der Waals surface area contributed by atoms with Crippen LogP contribution in [-0.4, -0.2) is 37.7 Å². The Kier molecular flexibility index (Phi) is 9.32. The number of halogens is 2. The normalized spacial score (nSPS) is 11.5. The summed E-state index contributed by atoms with van der Waals surface area (Å²) in [6.45, 7) is 5.86. The molecule has 1 heterocycles. The van der Waals surface area contributed by atoms with Crippen molar-refractivity contribution in [3.8, 4) is 5.75 Å². The number of guanidine groups is 1. The Balaban J connectivity index is 0.00000338. The van der Waals surface area contributed by atoms with Crippen LogP contribution in [0.4, 0.5) is 4.39 Å². The van der Waals surface area contributed by atoms with Gasteiger partial charge in [0.2, 0.25) is 0 Å². The molecular weight excluding hydrogens is 446 g/mol. The molecule has 0 amide bonds. The van der Waals surface area contributed by atoms with E-state index >= 15 is 0 Å². The van der Waals surface area contributed by atoms with Crippen molar-refractivity contribution in [1.82, 2.24) is 15.6 Å². The fraction of sp³-hybridized carbons (Fsp3) is 0.368. The molecule has 5 nitrogen and oxygen atoms in total. The first-order valence-electron chi connectivity index (χ1n) is 8.25. The largest absolute Gasteiger partial charge is 0.490 e. The summed E-state index contributed by atoms with van der Waals surface area (Å²) in [4.78, 5) is 8.20. The number of benzene rings is 1. The zero-order chi connectivity index (χ0) is 18.1. The number of nitrogens with one attached hydrogen (secondary N) is 2. The summed E-state index contributed by atoms with van der Waals surface area (Å²) in [5, 5.41) is 6.47. The van der Waals surface area contributed by atoms with Crippen molar-refractivity contribution in [2.24, 2.45) is 4.99 Å². The minimum Gasteiger partial charge on any atom is -0.490 e. The van der Waals surface area contributed by atoms with Crippen molar-refractivity contribution in [2.75, 3.05) is 26.7 Å². The van der Waals surface area contributed by atoms with Crippen molar-refractivity contribution >= 4 is 29.9 Å². The second kappa shape index (κ2) is 10.9. The van der Waals surface area contributed by atoms with Gasteiger partial charge in [-0.05, 0) is 29.8 Å². The molecule has 0 aliphatic rings. The summed E-state index contributed by atoms with van der Waals surface area (Å²) in [6, 6.07) is 10.4. The maximum Gasteiger partial charge on any atom is 0.191 e. The van der Waals surface area contributed by atoms with E-state index in [-0.39, 0.29) is 35.2 Å². The summed E-state index contributed by atoms with van der Waals surface area (Å²) in [6.07, 6.45) is 3.38. The maximum atomic E-state index is 13.4. The van der Waals surface area contributed by atoms with Gasteiger partial charge in [-0.15, -0.1) is 24.0 Å². The zero-order valence-electron chi connectivity index (χ0n) is 15.3. The van der Waals surface area contributed by atoms with Crippen LogP contribution in [-0.2, 0) is 5.41 Å². The Morgan fingerprint density at radius 1 is 1.23 bits per heavy atom. The Hall–Kier alpha value is -1.90. The SMILES string of the molecule is CN=C(NCCOc1cccnc1)NCC(C)(C)c1cccc(F)c1.I. The van der Waals surface area contributed by atoms with E-state index in [0.29, 0.717) is 25.7 Å². The van der Waals surface area contributed by atoms with E-state index in [1.807, 2.05) is 18.2 Å². The van der Waals surface area contributed by atoms with E-state index < -0.39 is 0 Å². The predicted molar refractivity (Wildman–Crippen MR) is 114 cm³/mol. The van der Waals surface area contributed by atoms with Crippen LogP contribution in [0.3, 0.4) is 0 Å². The molecule has 7 heteroatoms. The Bertz CT molecular complexity index is 695. The van der Waals surface area contributed by atoms with Crippen LogP contribution in [0, 0.1) is 5.82 Å². The van der Waals surface area contributed by atoms with Crippen LogP contribution in [0.5, 0.6) is 5.75 Å². The molecular formula is C19H26FIN4O. The molecule has 2 rings (SSSR count). The third-order valence-corrected chi connectivity index (χ3v) is 3.83. The van der Waals surface area contributed by atoms with Crippen LogP contribution in [0.1, 0.15) is 19.4 Å². The molecule has 0 radical (unpaired) electrons. The van der Waals surface area contributed by atoms with E-state index in [0.717, 1.165) is 11.3 Å². The van der Waals surface area contributed by atoms with Gasteiger partial charge in [0.1, 0.15) is 18.2 Å². The third kappa shape index (κ3) is 7.15. The van der Waals surface area contributed by atoms with Crippen LogP contribution < -0.4 is 15.4 Å². The molecule has 0 aliphatic carbocycles. The second-order valence-corrected chi connectivity index (χ2v) is 6.28. The van der Waals surface area contributed by atoms with E-state index in [2.05, 4.69) is 34.5 Å². The van der Waals surface area contributed by atoms with Crippen molar-refractivity contribution in [3.63, 3.8) is 0 Å². The smallest absolute Gasteiger partial charge is 0.191 e. The van der Waals surface area contributed by atoms with Gasteiger partial charge in [-0.1, -0.05) is 26.0 Å². The van der Waals surface area contributed by atoms with Crippen molar-refractivity contribution in [2.45, 2.75) is 19.3 Å². The minimum atomic E-state index is -0.230. The number of ether oxygens (including phenoxy) is 1. The van der Waals surface area contributed by atoms with Gasteiger partial charge >= 0.3 is 0 Å². The summed E-state index contributed by atoms with van der Waals surface area (Å²) in [7, 11) is 1.71. The van der Waals surface area contributed by atoms with E-state index in [1.165, 1.54) is 6.07 Å². The number of pyridine rings is 1. The van der Waals surface area contributed by atoms with Gasteiger partial charge in [0.15, 0.2) is 5.96 Å². The number of nitrogens with zero attached hydrogens (tertiary/aromatic N) is 2. The summed E-state index contributed by atoms with van der Waals surface area (Å²) in [5.74, 6) is 1.19. The number of rotatable bonds is 7. The van der Waals surface area contributed by atoms with Gasteiger partial charge in [-0.2, -0.15) is 0 Å². The van der Waals surface area contributed by atoms with Gasteiger partial charge in [0.25, 0.3) is 0 Å². The molecule has 0 unspecified atom stereocenters. The van der Waals surface area contributed by atoms with Crippen LogP contribution in [0.15, 0.2) is 53.8 Å². The Morgan fingerprint density at radius 2 is 2.04 bits per heavy atom. The molecule has 0 fully saturated rings. The number of hydrogen-bond donors (Lipinski definition) is 2. The Labute approximate surface area is 171 Å². The molecule has 142 valence electrons. The first kappa shape index (κ1) is 22.1. The number of aliphatic imine (C=N–C) groups is 1. The van der Waals surface area contributed by atoms with E-state index in [4.69, 9.17) is 4.74 Å². The summed E-state index contributed by atoms with van der Waals surface area (Å²) >= 11 is 0. The fourth-order valence-electron chi connectivity index (χ4n) is 2.31. The topological polar surface area (TPSA) is 58.5 Å². The highest BCUT2D eigenvalue weighted by atomic mass is 127. The quantitative estimate of drug-likeness (QED) is 0.281. The monoisotopic (exact) mass is 472 g/mol. The first-order valence-corrected chi connectivity index (χ1v) is 8.25. The third-order valence-electron chi connectivity index (χ3n) is 3.83. The molecule has 1 aromatic heterocycles. The van der Waals surface area contributed by atoms with Gasteiger partial charge in [-0.25, -0.2) is 4.39 Å². The molecule has 0 atom stereocenters. The molecule has 2 aromatic rings. The van der Waals surface area contributed by atoms with Gasteiger partial charge in [-0.3, -0.25) is 9.98 Å². The van der Waals surface area contributed by atoms with Gasteiger partial charge in [0, 0.05) is 25.2 Å². The average molecular weight is 472 g/mol. The lowest BCUT2D eigenvalue weighted by Gasteiger charge is -2.26. The lowest BCUT2D eigenvalue weighted by atomic mass is 9.84. The minimum absolute atomic E-state index is 0. The molecule has 1 aromatic carbocycles. The van der Waals surface area contributed by atoms with Crippen molar-refractivity contribution < 1.29 is 9.13 Å². The predicted octanol–water partition coefficient (Wildman–Crippen LogP) is 3.36. The van der Waals surface area contributed by atoms with Crippen molar-refractivity contribution in [3.05, 3.63) is 60.2 Å². The first-order chi connectivity index (χ1) is 12.0. The number of aromatic nitrogens is 1. The summed E-state index contributed by atoms with van der Waals surface area (Å²) < 4.78 is 19.0. The molecule has 26 heavy (non-hydrogen) atoms. The summed E-state index contributed by atoms with van der Waals surface area (Å²) in [5.41, 5.74) is 0.710. The lowest BCUT2D eigenvalue weighted by Crippen LogP contribution is -2.44. The highest BCUT2D eigenvalue weighted by Gasteiger charge is 2.21. The molecule has 0 saturated carbocycles. The van der Waals surface area contributed by atoms with E-state index in [1.54, 1.807) is 31.6 Å². The second-order valence-electron chi connectivity index (χ2n) is 6.28. The molecule has 2 N–H and O–H groups in total. The average Bonchev–Trinajstić information content (AvgIpc) is 2.62.